The largest absolute Gasteiger partial charge is 0.508 e. The van der Waals surface area contributed by atoms with Crippen LogP contribution in [0.2, 0.25) is 0 Å². The van der Waals surface area contributed by atoms with Crippen LogP contribution in [-0.4, -0.2) is 15.1 Å². The Morgan fingerprint density at radius 2 is 2.33 bits per heavy atom. The van der Waals surface area contributed by atoms with Crippen molar-refractivity contribution in [3.63, 3.8) is 0 Å². The summed E-state index contributed by atoms with van der Waals surface area (Å²) in [7, 11) is 0. The van der Waals surface area contributed by atoms with Gasteiger partial charge >= 0.3 is 0 Å². The molecule has 0 saturated carbocycles. The van der Waals surface area contributed by atoms with E-state index in [9.17, 15) is 0 Å². The molecule has 0 fully saturated rings. The van der Waals surface area contributed by atoms with E-state index in [-0.39, 0.29) is 5.75 Å². The van der Waals surface area contributed by atoms with Crippen molar-refractivity contribution in [3.8, 4) is 5.75 Å². The second-order valence-electron chi connectivity index (χ2n) is 2.59. The molecule has 0 bridgehead atoms. The molecule has 4 heteroatoms. The predicted molar refractivity (Wildman–Crippen MR) is 45.6 cm³/mol. The minimum atomic E-state index is 0.231. The van der Waals surface area contributed by atoms with Gasteiger partial charge in [-0.25, -0.2) is 4.98 Å². The number of H-pyrrole nitrogens is 1. The van der Waals surface area contributed by atoms with E-state index in [2.05, 4.69) is 9.97 Å². The minimum absolute atomic E-state index is 0.231. The third-order valence-electron chi connectivity index (χ3n) is 1.71. The van der Waals surface area contributed by atoms with Crippen molar-refractivity contribution in [1.82, 2.24) is 9.97 Å². The number of hydrogen-bond donors (Lipinski definition) is 3. The molecule has 2 aromatic rings. The second kappa shape index (κ2) is 2.49. The maximum absolute atomic E-state index is 9.13. The van der Waals surface area contributed by atoms with E-state index >= 15 is 0 Å². The first-order valence-corrected chi connectivity index (χ1v) is 3.67. The van der Waals surface area contributed by atoms with Crippen molar-refractivity contribution >= 4 is 11.0 Å². The van der Waals surface area contributed by atoms with E-state index in [1.54, 1.807) is 18.2 Å². The molecule has 4 nitrogen and oxygen atoms in total. The molecular weight excluding hydrogens is 154 g/mol. The summed E-state index contributed by atoms with van der Waals surface area (Å²) in [6.07, 6.45) is 0. The van der Waals surface area contributed by atoms with Gasteiger partial charge in [0.25, 0.3) is 0 Å². The fourth-order valence-corrected chi connectivity index (χ4v) is 1.15. The number of aromatic hydroxyl groups is 1. The van der Waals surface area contributed by atoms with E-state index in [0.29, 0.717) is 6.54 Å². The zero-order chi connectivity index (χ0) is 8.55. The van der Waals surface area contributed by atoms with Gasteiger partial charge in [-0.2, -0.15) is 0 Å². The van der Waals surface area contributed by atoms with E-state index in [1.807, 2.05) is 0 Å². The number of phenolic OH excluding ortho intramolecular Hbond substituents is 1. The molecule has 0 atom stereocenters. The standard InChI is InChI=1S/C8H9N3O/c9-4-8-10-6-2-1-5(12)3-7(6)11-8/h1-3,12H,4,9H2,(H,10,11). The molecule has 2 rings (SSSR count). The van der Waals surface area contributed by atoms with Crippen LogP contribution in [0.5, 0.6) is 5.75 Å². The van der Waals surface area contributed by atoms with Crippen LogP contribution in [0.25, 0.3) is 11.0 Å². The van der Waals surface area contributed by atoms with Crippen LogP contribution in [0.3, 0.4) is 0 Å². The second-order valence-corrected chi connectivity index (χ2v) is 2.59. The summed E-state index contributed by atoms with van der Waals surface area (Å²) in [5.74, 6) is 0.963. The van der Waals surface area contributed by atoms with E-state index in [4.69, 9.17) is 10.8 Å². The Morgan fingerprint density at radius 1 is 1.50 bits per heavy atom. The summed E-state index contributed by atoms with van der Waals surface area (Å²) in [5, 5.41) is 9.13. The van der Waals surface area contributed by atoms with E-state index in [0.717, 1.165) is 16.9 Å². The van der Waals surface area contributed by atoms with Crippen molar-refractivity contribution in [3.05, 3.63) is 24.0 Å². The third kappa shape index (κ3) is 1.02. The van der Waals surface area contributed by atoms with Gasteiger partial charge in [-0.05, 0) is 12.1 Å². The van der Waals surface area contributed by atoms with Gasteiger partial charge in [-0.3, -0.25) is 0 Å². The van der Waals surface area contributed by atoms with Crippen LogP contribution in [0, 0.1) is 0 Å². The molecule has 4 N–H and O–H groups in total. The van der Waals surface area contributed by atoms with Gasteiger partial charge in [-0.1, -0.05) is 0 Å². The zero-order valence-corrected chi connectivity index (χ0v) is 6.41. The fraction of sp³-hybridized carbons (Fsp3) is 0.125. The van der Waals surface area contributed by atoms with Gasteiger partial charge in [0, 0.05) is 6.07 Å². The predicted octanol–water partition coefficient (Wildman–Crippen LogP) is 0.727. The molecule has 0 spiro atoms. The monoisotopic (exact) mass is 163 g/mol. The zero-order valence-electron chi connectivity index (χ0n) is 6.41. The number of benzene rings is 1. The summed E-state index contributed by atoms with van der Waals surface area (Å²) in [6.45, 7) is 0.384. The first-order chi connectivity index (χ1) is 5.79. The Morgan fingerprint density at radius 3 is 3.08 bits per heavy atom. The maximum Gasteiger partial charge on any atom is 0.121 e. The van der Waals surface area contributed by atoms with Crippen LogP contribution in [0.4, 0.5) is 0 Å². The molecular formula is C8H9N3O. The molecule has 62 valence electrons. The van der Waals surface area contributed by atoms with Gasteiger partial charge in [0.1, 0.15) is 11.6 Å². The molecule has 1 heterocycles. The van der Waals surface area contributed by atoms with Gasteiger partial charge in [0.2, 0.25) is 0 Å². The van der Waals surface area contributed by atoms with Crippen molar-refractivity contribution in [2.24, 2.45) is 5.73 Å². The molecule has 12 heavy (non-hydrogen) atoms. The molecule has 0 aliphatic heterocycles. The summed E-state index contributed by atoms with van der Waals surface area (Å²) in [6, 6.07) is 4.98. The number of hydrogen-bond acceptors (Lipinski definition) is 3. The highest BCUT2D eigenvalue weighted by atomic mass is 16.3. The summed E-state index contributed by atoms with van der Waals surface area (Å²) in [5.41, 5.74) is 7.04. The fourth-order valence-electron chi connectivity index (χ4n) is 1.15. The van der Waals surface area contributed by atoms with Crippen LogP contribution < -0.4 is 5.73 Å². The molecule has 0 aliphatic rings. The Hall–Kier alpha value is -1.55. The van der Waals surface area contributed by atoms with Crippen LogP contribution in [0.15, 0.2) is 18.2 Å². The quantitative estimate of drug-likeness (QED) is 0.580. The number of aromatic amines is 1. The molecule has 0 amide bonds. The normalized spacial score (nSPS) is 10.8. The lowest BCUT2D eigenvalue weighted by molar-refractivity contribution is 0.476. The lowest BCUT2D eigenvalue weighted by Gasteiger charge is -1.88. The first-order valence-electron chi connectivity index (χ1n) is 3.67. The Labute approximate surface area is 69.0 Å². The number of rotatable bonds is 1. The minimum Gasteiger partial charge on any atom is -0.508 e. The average molecular weight is 163 g/mol. The number of imidazole rings is 1. The Balaban J connectivity index is 2.67. The van der Waals surface area contributed by atoms with Crippen molar-refractivity contribution in [2.45, 2.75) is 6.54 Å². The van der Waals surface area contributed by atoms with Gasteiger partial charge in [0.15, 0.2) is 0 Å². The van der Waals surface area contributed by atoms with Crippen molar-refractivity contribution < 1.29 is 5.11 Å². The molecule has 1 aromatic carbocycles. The number of nitrogens with two attached hydrogens (primary N) is 1. The molecule has 0 aliphatic carbocycles. The first kappa shape index (κ1) is 7.12. The topological polar surface area (TPSA) is 74.9 Å². The summed E-state index contributed by atoms with van der Waals surface area (Å²) >= 11 is 0. The Kier molecular flexibility index (Phi) is 1.48. The number of fused-ring (bicyclic) bond motifs is 1. The lowest BCUT2D eigenvalue weighted by atomic mass is 10.3. The van der Waals surface area contributed by atoms with Crippen LogP contribution >= 0.6 is 0 Å². The summed E-state index contributed by atoms with van der Waals surface area (Å²) in [4.78, 5) is 7.17. The number of aromatic nitrogens is 2. The van der Waals surface area contributed by atoms with Crippen LogP contribution in [0.1, 0.15) is 5.82 Å². The van der Waals surface area contributed by atoms with Crippen LogP contribution in [-0.2, 0) is 6.54 Å². The van der Waals surface area contributed by atoms with Crippen molar-refractivity contribution in [1.29, 1.82) is 0 Å². The number of nitrogens with zero attached hydrogens (tertiary/aromatic N) is 1. The molecule has 0 radical (unpaired) electrons. The Bertz CT molecular complexity index is 408. The van der Waals surface area contributed by atoms with E-state index in [1.165, 1.54) is 0 Å². The maximum atomic E-state index is 9.13. The van der Waals surface area contributed by atoms with Crippen molar-refractivity contribution in [2.75, 3.05) is 0 Å². The highest BCUT2D eigenvalue weighted by Crippen LogP contribution is 2.17. The average Bonchev–Trinajstić information content (AvgIpc) is 2.46. The number of nitrogens with one attached hydrogen (secondary N) is 1. The highest BCUT2D eigenvalue weighted by molar-refractivity contribution is 5.76. The molecule has 0 saturated heterocycles. The highest BCUT2D eigenvalue weighted by Gasteiger charge is 2.00. The van der Waals surface area contributed by atoms with Gasteiger partial charge < -0.3 is 15.8 Å². The van der Waals surface area contributed by atoms with Gasteiger partial charge in [0.05, 0.1) is 17.6 Å². The lowest BCUT2D eigenvalue weighted by Crippen LogP contribution is -1.97. The molecule has 1 aromatic heterocycles. The third-order valence-corrected chi connectivity index (χ3v) is 1.71. The van der Waals surface area contributed by atoms with Gasteiger partial charge in [-0.15, -0.1) is 0 Å². The SMILES string of the molecule is NCc1nc2ccc(O)cc2[nH]1. The summed E-state index contributed by atoms with van der Waals surface area (Å²) < 4.78 is 0. The smallest absolute Gasteiger partial charge is 0.121 e. The molecule has 0 unspecified atom stereocenters. The number of phenols is 1. The van der Waals surface area contributed by atoms with E-state index < -0.39 is 0 Å².